The van der Waals surface area contributed by atoms with Gasteiger partial charge in [-0.2, -0.15) is 18.3 Å². The first-order chi connectivity index (χ1) is 18.7. The summed E-state index contributed by atoms with van der Waals surface area (Å²) in [6, 6.07) is 12.5. The molecule has 7 nitrogen and oxygen atoms in total. The number of carbonyl (C=O) groups is 1. The summed E-state index contributed by atoms with van der Waals surface area (Å²) in [7, 11) is 1.99. The van der Waals surface area contributed by atoms with Gasteiger partial charge >= 0.3 is 6.18 Å². The molecule has 4 aromatic rings. The zero-order valence-electron chi connectivity index (χ0n) is 21.6. The van der Waals surface area contributed by atoms with Crippen molar-refractivity contribution >= 4 is 17.2 Å². The SMILES string of the molecule is Cc1ccc(C(=O)Nc2ccc(C(F)(F)F)c(CN3CCN(C)CC3)c2)cc1C#Cc1cnc2cccnn12. The fraction of sp³-hybridized carbons (Fsp3) is 0.276. The lowest BCUT2D eigenvalue weighted by Crippen LogP contribution is -2.44. The van der Waals surface area contributed by atoms with E-state index in [0.717, 1.165) is 24.7 Å². The Morgan fingerprint density at radius 1 is 1.05 bits per heavy atom. The third-order valence-corrected chi connectivity index (χ3v) is 6.76. The number of piperazine rings is 1. The summed E-state index contributed by atoms with van der Waals surface area (Å²) in [6.07, 6.45) is -1.20. The highest BCUT2D eigenvalue weighted by atomic mass is 19.4. The fourth-order valence-corrected chi connectivity index (χ4v) is 4.47. The number of nitrogens with one attached hydrogen (secondary N) is 1. The maximum absolute atomic E-state index is 13.7. The maximum atomic E-state index is 13.7. The number of benzene rings is 2. The molecular formula is C29H27F3N6O. The smallest absolute Gasteiger partial charge is 0.322 e. The van der Waals surface area contributed by atoms with Crippen LogP contribution in [0.3, 0.4) is 0 Å². The Morgan fingerprint density at radius 2 is 1.85 bits per heavy atom. The van der Waals surface area contributed by atoms with E-state index in [1.54, 1.807) is 41.2 Å². The average molecular weight is 533 g/mol. The second-order valence-electron chi connectivity index (χ2n) is 9.62. The lowest BCUT2D eigenvalue weighted by Gasteiger charge is -2.33. The number of nitrogens with zero attached hydrogens (tertiary/aromatic N) is 5. The second-order valence-corrected chi connectivity index (χ2v) is 9.62. The standard InChI is InChI=1S/C29H27F3N6O/c1-20-5-6-22(16-21(20)7-9-25-18-33-27-4-3-11-34-38(25)27)28(39)35-24-8-10-26(29(30,31)32)23(17-24)19-37-14-12-36(2)13-15-37/h3-6,8,10-11,16-18H,12-15,19H2,1-2H3,(H,35,39). The molecule has 1 aliphatic heterocycles. The Kier molecular flexibility index (Phi) is 7.37. The Hall–Kier alpha value is -4.20. The molecule has 1 saturated heterocycles. The van der Waals surface area contributed by atoms with E-state index in [0.29, 0.717) is 41.2 Å². The van der Waals surface area contributed by atoms with Gasteiger partial charge in [0.2, 0.25) is 0 Å². The van der Waals surface area contributed by atoms with Gasteiger partial charge in [0.15, 0.2) is 5.65 Å². The monoisotopic (exact) mass is 532 g/mol. The minimum Gasteiger partial charge on any atom is -0.322 e. The highest BCUT2D eigenvalue weighted by molar-refractivity contribution is 6.04. The molecule has 1 aliphatic rings. The Morgan fingerprint density at radius 3 is 2.62 bits per heavy atom. The molecule has 2 aromatic heterocycles. The van der Waals surface area contributed by atoms with Crippen molar-refractivity contribution in [3.05, 3.63) is 94.4 Å². The molecule has 3 heterocycles. The molecule has 0 unspecified atom stereocenters. The fourth-order valence-electron chi connectivity index (χ4n) is 4.47. The minimum atomic E-state index is -4.48. The van der Waals surface area contributed by atoms with Gasteiger partial charge in [-0.15, -0.1) is 0 Å². The summed E-state index contributed by atoms with van der Waals surface area (Å²) in [5.41, 5.74) is 2.93. The number of aryl methyl sites for hydroxylation is 1. The molecule has 200 valence electrons. The third-order valence-electron chi connectivity index (χ3n) is 6.76. The Balaban J connectivity index is 1.36. The van der Waals surface area contributed by atoms with E-state index in [-0.39, 0.29) is 12.1 Å². The van der Waals surface area contributed by atoms with Crippen molar-refractivity contribution in [2.75, 3.05) is 38.5 Å². The summed E-state index contributed by atoms with van der Waals surface area (Å²) in [6.45, 7) is 5.01. The predicted molar refractivity (Wildman–Crippen MR) is 142 cm³/mol. The van der Waals surface area contributed by atoms with Crippen molar-refractivity contribution in [3.8, 4) is 11.8 Å². The minimum absolute atomic E-state index is 0.141. The van der Waals surface area contributed by atoms with Gasteiger partial charge in [-0.05, 0) is 73.5 Å². The molecular weight excluding hydrogens is 505 g/mol. The topological polar surface area (TPSA) is 65.8 Å². The molecule has 0 atom stereocenters. The zero-order chi connectivity index (χ0) is 27.6. The van der Waals surface area contributed by atoms with Crippen LogP contribution in [0.25, 0.3) is 5.65 Å². The number of anilines is 1. The Labute approximate surface area is 224 Å². The van der Waals surface area contributed by atoms with Crippen LogP contribution in [0.2, 0.25) is 0 Å². The van der Waals surface area contributed by atoms with Crippen LogP contribution in [0, 0.1) is 18.8 Å². The van der Waals surface area contributed by atoms with E-state index in [4.69, 9.17) is 0 Å². The lowest BCUT2D eigenvalue weighted by molar-refractivity contribution is -0.138. The first kappa shape index (κ1) is 26.4. The average Bonchev–Trinajstić information content (AvgIpc) is 3.32. The molecule has 0 bridgehead atoms. The van der Waals surface area contributed by atoms with Crippen LogP contribution in [0.15, 0.2) is 60.9 Å². The van der Waals surface area contributed by atoms with E-state index in [1.165, 1.54) is 12.1 Å². The van der Waals surface area contributed by atoms with Crippen molar-refractivity contribution in [2.24, 2.45) is 0 Å². The van der Waals surface area contributed by atoms with Crippen LogP contribution in [-0.4, -0.2) is 63.5 Å². The number of imidazole rings is 1. The maximum Gasteiger partial charge on any atom is 0.416 e. The van der Waals surface area contributed by atoms with Crippen molar-refractivity contribution in [1.82, 2.24) is 24.4 Å². The predicted octanol–water partition coefficient (Wildman–Crippen LogP) is 4.46. The third kappa shape index (κ3) is 6.11. The number of hydrogen-bond acceptors (Lipinski definition) is 5. The molecule has 0 aliphatic carbocycles. The molecule has 1 N–H and O–H groups in total. The zero-order valence-corrected chi connectivity index (χ0v) is 21.6. The molecule has 2 aromatic carbocycles. The van der Waals surface area contributed by atoms with Gasteiger partial charge in [-0.25, -0.2) is 9.50 Å². The van der Waals surface area contributed by atoms with Crippen LogP contribution in [0.1, 0.15) is 38.3 Å². The number of likely N-dealkylation sites (N-methyl/N-ethyl adjacent to an activating group) is 1. The van der Waals surface area contributed by atoms with E-state index in [1.807, 2.05) is 24.9 Å². The van der Waals surface area contributed by atoms with Gasteiger partial charge in [0.05, 0.1) is 11.8 Å². The van der Waals surface area contributed by atoms with Gasteiger partial charge in [-0.1, -0.05) is 12.0 Å². The largest absolute Gasteiger partial charge is 0.416 e. The van der Waals surface area contributed by atoms with E-state index >= 15 is 0 Å². The summed E-state index contributed by atoms with van der Waals surface area (Å²) in [4.78, 5) is 21.5. The van der Waals surface area contributed by atoms with Gasteiger partial charge in [0, 0.05) is 55.7 Å². The number of hydrogen-bond donors (Lipinski definition) is 1. The van der Waals surface area contributed by atoms with Crippen molar-refractivity contribution in [1.29, 1.82) is 0 Å². The van der Waals surface area contributed by atoms with Gasteiger partial charge < -0.3 is 10.2 Å². The summed E-state index contributed by atoms with van der Waals surface area (Å²) in [5, 5.41) is 7.01. The molecule has 39 heavy (non-hydrogen) atoms. The molecule has 0 radical (unpaired) electrons. The molecule has 0 spiro atoms. The number of halogens is 3. The molecule has 5 rings (SSSR count). The van der Waals surface area contributed by atoms with Gasteiger partial charge in [0.1, 0.15) is 5.69 Å². The highest BCUT2D eigenvalue weighted by Crippen LogP contribution is 2.34. The van der Waals surface area contributed by atoms with Crippen LogP contribution < -0.4 is 5.32 Å². The number of amides is 1. The Bertz CT molecular complexity index is 1580. The first-order valence-corrected chi connectivity index (χ1v) is 12.5. The molecule has 1 amide bonds. The van der Waals surface area contributed by atoms with Gasteiger partial charge in [0.25, 0.3) is 5.91 Å². The molecule has 0 saturated carbocycles. The number of aromatic nitrogens is 3. The summed E-state index contributed by atoms with van der Waals surface area (Å²) < 4.78 is 42.8. The van der Waals surface area contributed by atoms with Gasteiger partial charge in [-0.3, -0.25) is 9.69 Å². The first-order valence-electron chi connectivity index (χ1n) is 12.5. The van der Waals surface area contributed by atoms with Crippen LogP contribution in [0.5, 0.6) is 0 Å². The summed E-state index contributed by atoms with van der Waals surface area (Å²) >= 11 is 0. The number of carbonyl (C=O) groups excluding carboxylic acids is 1. The van der Waals surface area contributed by atoms with E-state index < -0.39 is 17.6 Å². The quantitative estimate of drug-likeness (QED) is 0.394. The molecule has 1 fully saturated rings. The van der Waals surface area contributed by atoms with Crippen LogP contribution in [0.4, 0.5) is 18.9 Å². The normalized spacial score (nSPS) is 14.7. The molecule has 10 heteroatoms. The van der Waals surface area contributed by atoms with E-state index in [2.05, 4.69) is 32.1 Å². The van der Waals surface area contributed by atoms with Crippen molar-refractivity contribution < 1.29 is 18.0 Å². The highest BCUT2D eigenvalue weighted by Gasteiger charge is 2.34. The number of alkyl halides is 3. The van der Waals surface area contributed by atoms with Crippen LogP contribution in [-0.2, 0) is 12.7 Å². The van der Waals surface area contributed by atoms with Crippen molar-refractivity contribution in [2.45, 2.75) is 19.6 Å². The second kappa shape index (κ2) is 10.9. The number of rotatable bonds is 4. The number of fused-ring (bicyclic) bond motifs is 1. The summed E-state index contributed by atoms with van der Waals surface area (Å²) in [5.74, 6) is 5.70. The van der Waals surface area contributed by atoms with Crippen LogP contribution >= 0.6 is 0 Å². The lowest BCUT2D eigenvalue weighted by atomic mass is 10.0. The van der Waals surface area contributed by atoms with E-state index in [9.17, 15) is 18.0 Å². The van der Waals surface area contributed by atoms with Crippen molar-refractivity contribution in [3.63, 3.8) is 0 Å².